The highest BCUT2D eigenvalue weighted by Crippen LogP contribution is 2.53. The lowest BCUT2D eigenvalue weighted by Gasteiger charge is -2.43. The average molecular weight is 412 g/mol. The van der Waals surface area contributed by atoms with E-state index in [2.05, 4.69) is 41.5 Å². The molecule has 27 heavy (non-hydrogen) atoms. The Hall–Kier alpha value is -1.01. The summed E-state index contributed by atoms with van der Waals surface area (Å²) in [6, 6.07) is 5.23. The highest BCUT2D eigenvalue weighted by Gasteiger charge is 2.44. The van der Waals surface area contributed by atoms with E-state index in [1.165, 1.54) is 10.5 Å². The lowest BCUT2D eigenvalue weighted by Crippen LogP contribution is -2.41. The average Bonchev–Trinajstić information content (AvgIpc) is 2.59. The van der Waals surface area contributed by atoms with Gasteiger partial charge in [0, 0.05) is 18.0 Å². The van der Waals surface area contributed by atoms with E-state index in [1.54, 1.807) is 12.1 Å². The van der Waals surface area contributed by atoms with Crippen molar-refractivity contribution < 1.29 is 14.3 Å². The Bertz CT molecular complexity index is 636. The molecule has 0 aromatic heterocycles. The molecule has 152 valence electrons. The molecule has 1 aromatic carbocycles. The van der Waals surface area contributed by atoms with Crippen molar-refractivity contribution in [3.05, 3.63) is 29.6 Å². The summed E-state index contributed by atoms with van der Waals surface area (Å²) >= 11 is 1.97. The van der Waals surface area contributed by atoms with Crippen LogP contribution in [0.25, 0.3) is 0 Å². The number of likely N-dealkylation sites (tertiary alicyclic amines) is 1. The third kappa shape index (κ3) is 4.70. The molecule has 1 amide bonds. The molecule has 1 aliphatic heterocycles. The molecule has 0 saturated carbocycles. The molecule has 3 nitrogen and oxygen atoms in total. The number of rotatable bonds is 6. The summed E-state index contributed by atoms with van der Waals surface area (Å²) in [6.45, 7) is 15.1. The minimum atomic E-state index is -1.77. The van der Waals surface area contributed by atoms with Crippen LogP contribution < -0.4 is 0 Å². The van der Waals surface area contributed by atoms with Crippen molar-refractivity contribution in [1.29, 1.82) is 0 Å². The van der Waals surface area contributed by atoms with Gasteiger partial charge in [-0.15, -0.1) is 11.2 Å². The highest BCUT2D eigenvalue weighted by molar-refractivity contribution is 8.29. The Morgan fingerprint density at radius 1 is 1.11 bits per heavy atom. The third-order valence-electron chi connectivity index (χ3n) is 6.17. The first-order valence-electron chi connectivity index (χ1n) is 10.1. The fraction of sp³-hybridized carbons (Fsp3) is 0.667. The maximum Gasteiger partial charge on any atom is 0.407 e. The number of hydrogen-bond acceptors (Lipinski definition) is 2. The van der Waals surface area contributed by atoms with Gasteiger partial charge < -0.3 is 10.0 Å². The van der Waals surface area contributed by atoms with Crippen LogP contribution in [-0.2, 0) is 0 Å². The van der Waals surface area contributed by atoms with Crippen LogP contribution >= 0.6 is 11.2 Å². The summed E-state index contributed by atoms with van der Waals surface area (Å²) in [7, 11) is -1.77. The molecule has 1 aromatic rings. The van der Waals surface area contributed by atoms with Gasteiger partial charge in [-0.1, -0.05) is 47.6 Å². The Balaban J connectivity index is 2.37. The van der Waals surface area contributed by atoms with Gasteiger partial charge in [-0.05, 0) is 53.1 Å². The van der Waals surface area contributed by atoms with Gasteiger partial charge in [0.05, 0.1) is 0 Å². The molecule has 0 atom stereocenters. The molecule has 1 fully saturated rings. The van der Waals surface area contributed by atoms with Crippen molar-refractivity contribution in [1.82, 2.24) is 4.90 Å². The molecule has 1 aliphatic rings. The molecule has 2 rings (SSSR count). The maximum absolute atomic E-state index is 14.2. The summed E-state index contributed by atoms with van der Waals surface area (Å²) in [5, 5.41) is 9.20. The summed E-state index contributed by atoms with van der Waals surface area (Å²) in [5.41, 5.74) is 2.98. The van der Waals surface area contributed by atoms with E-state index in [0.717, 1.165) is 17.7 Å². The summed E-state index contributed by atoms with van der Waals surface area (Å²) < 4.78 is 14.2. The van der Waals surface area contributed by atoms with Gasteiger partial charge in [0.2, 0.25) is 0 Å². The molecule has 0 spiro atoms. The summed E-state index contributed by atoms with van der Waals surface area (Å²) in [6.07, 6.45) is 0.781. The van der Waals surface area contributed by atoms with Gasteiger partial charge in [0.25, 0.3) is 0 Å². The van der Waals surface area contributed by atoms with E-state index < -0.39 is 13.3 Å². The first kappa shape index (κ1) is 22.3. The number of benzene rings is 1. The van der Waals surface area contributed by atoms with E-state index in [9.17, 15) is 14.3 Å². The van der Waals surface area contributed by atoms with Crippen LogP contribution in [0.5, 0.6) is 0 Å². The van der Waals surface area contributed by atoms with Crippen LogP contribution in [0.15, 0.2) is 23.1 Å². The number of piperidine rings is 1. The standard InChI is InChI=1S/C21H34FNO2SSi/c1-14(2)27(15(3)4,16(5)6)26-20-13-18(22)7-8-19(20)17-9-11-23(12-10-17)21(24)25/h7-8,13-17H,9-12H2,1-6H3,(H,24,25). The molecular weight excluding hydrogens is 377 g/mol. The maximum atomic E-state index is 14.2. The van der Waals surface area contributed by atoms with E-state index in [-0.39, 0.29) is 5.82 Å². The predicted molar refractivity (Wildman–Crippen MR) is 115 cm³/mol. The van der Waals surface area contributed by atoms with E-state index in [0.29, 0.717) is 35.6 Å². The van der Waals surface area contributed by atoms with Crippen LogP contribution in [-0.4, -0.2) is 36.4 Å². The topological polar surface area (TPSA) is 40.5 Å². The third-order valence-corrected chi connectivity index (χ3v) is 18.5. The minimum absolute atomic E-state index is 0.177. The summed E-state index contributed by atoms with van der Waals surface area (Å²) in [5.74, 6) is 0.130. The second kappa shape index (κ2) is 8.99. The normalized spacial score (nSPS) is 16.6. The fourth-order valence-corrected chi connectivity index (χ4v) is 14.3. The molecule has 1 saturated heterocycles. The number of carbonyl (C=O) groups is 1. The van der Waals surface area contributed by atoms with E-state index >= 15 is 0 Å². The molecule has 1 heterocycles. The quantitative estimate of drug-likeness (QED) is 0.515. The first-order valence-corrected chi connectivity index (χ1v) is 13.8. The zero-order valence-electron chi connectivity index (χ0n) is 17.5. The molecule has 6 heteroatoms. The van der Waals surface area contributed by atoms with Crippen LogP contribution in [0.2, 0.25) is 16.6 Å². The van der Waals surface area contributed by atoms with Crippen molar-refractivity contribution in [3.63, 3.8) is 0 Å². The molecular formula is C21H34FNO2SSi. The van der Waals surface area contributed by atoms with Crippen LogP contribution in [0.4, 0.5) is 9.18 Å². The SMILES string of the molecule is CC(C)[Si](Sc1cc(F)ccc1C1CCN(C(=O)O)CC1)(C(C)C)C(C)C. The number of halogens is 1. The van der Waals surface area contributed by atoms with Gasteiger partial charge in [-0.3, -0.25) is 0 Å². The van der Waals surface area contributed by atoms with Crippen molar-refractivity contribution in [2.45, 2.75) is 81.8 Å². The molecule has 0 aliphatic carbocycles. The number of nitrogens with zero attached hydrogens (tertiary/aromatic N) is 1. The lowest BCUT2D eigenvalue weighted by atomic mass is 9.89. The van der Waals surface area contributed by atoms with Gasteiger partial charge in [-0.2, -0.15) is 0 Å². The van der Waals surface area contributed by atoms with Crippen LogP contribution in [0, 0.1) is 5.82 Å². The monoisotopic (exact) mass is 411 g/mol. The van der Waals surface area contributed by atoms with E-state index in [4.69, 9.17) is 0 Å². The lowest BCUT2D eigenvalue weighted by molar-refractivity contribution is 0.132. The molecule has 0 bridgehead atoms. The predicted octanol–water partition coefficient (Wildman–Crippen LogP) is 6.95. The number of carboxylic acid groups (broad SMARTS) is 1. The zero-order chi connectivity index (χ0) is 20.4. The second-order valence-corrected chi connectivity index (χ2v) is 17.2. The van der Waals surface area contributed by atoms with Crippen molar-refractivity contribution >= 4 is 24.5 Å². The Morgan fingerprint density at radius 2 is 1.63 bits per heavy atom. The van der Waals surface area contributed by atoms with Crippen molar-refractivity contribution in [2.24, 2.45) is 0 Å². The Morgan fingerprint density at radius 3 is 2.07 bits per heavy atom. The van der Waals surface area contributed by atoms with Crippen molar-refractivity contribution in [3.8, 4) is 0 Å². The molecule has 0 radical (unpaired) electrons. The minimum Gasteiger partial charge on any atom is -0.465 e. The van der Waals surface area contributed by atoms with Crippen LogP contribution in [0.1, 0.15) is 65.9 Å². The first-order chi connectivity index (χ1) is 12.6. The van der Waals surface area contributed by atoms with Gasteiger partial charge >= 0.3 is 6.09 Å². The van der Waals surface area contributed by atoms with Crippen LogP contribution in [0.3, 0.4) is 0 Å². The molecule has 0 unspecified atom stereocenters. The zero-order valence-corrected chi connectivity index (χ0v) is 19.3. The van der Waals surface area contributed by atoms with Gasteiger partial charge in [0.1, 0.15) is 13.0 Å². The van der Waals surface area contributed by atoms with E-state index in [1.807, 2.05) is 17.3 Å². The number of hydrogen-bond donors (Lipinski definition) is 1. The largest absolute Gasteiger partial charge is 0.465 e. The Labute approximate surface area is 168 Å². The number of amides is 1. The second-order valence-electron chi connectivity index (χ2n) is 8.65. The molecule has 1 N–H and O–H groups in total. The van der Waals surface area contributed by atoms with Gasteiger partial charge in [0.15, 0.2) is 0 Å². The van der Waals surface area contributed by atoms with Crippen molar-refractivity contribution in [2.75, 3.05) is 13.1 Å². The summed E-state index contributed by atoms with van der Waals surface area (Å²) in [4.78, 5) is 13.8. The van der Waals surface area contributed by atoms with Gasteiger partial charge in [-0.25, -0.2) is 9.18 Å². The Kier molecular flexibility index (Phi) is 7.42. The fourth-order valence-electron chi connectivity index (χ4n) is 4.86. The smallest absolute Gasteiger partial charge is 0.407 e. The highest BCUT2D eigenvalue weighted by atomic mass is 32.4.